The third-order valence-electron chi connectivity index (χ3n) is 2.05. The van der Waals surface area contributed by atoms with Crippen LogP contribution >= 0.6 is 0 Å². The summed E-state index contributed by atoms with van der Waals surface area (Å²) in [4.78, 5) is 8.12. The molecule has 0 atom stereocenters. The molecule has 2 heterocycles. The normalized spacial score (nSPS) is 10.2. The third-order valence-corrected chi connectivity index (χ3v) is 2.05. The molecule has 1 N–H and O–H groups in total. The van der Waals surface area contributed by atoms with Crippen LogP contribution in [0.25, 0.3) is 0 Å². The van der Waals surface area contributed by atoms with Gasteiger partial charge in [-0.2, -0.15) is 4.98 Å². The lowest BCUT2D eigenvalue weighted by Gasteiger charge is -2.10. The van der Waals surface area contributed by atoms with Gasteiger partial charge >= 0.3 is 0 Å². The number of nitrogens with zero attached hydrogens (tertiary/aromatic N) is 3. The van der Waals surface area contributed by atoms with Gasteiger partial charge in [0.05, 0.1) is 13.2 Å². The lowest BCUT2D eigenvalue weighted by Crippen LogP contribution is -2.06. The smallest absolute Gasteiger partial charge is 0.213 e. The Bertz CT molecular complexity index is 444. The number of anilines is 1. The van der Waals surface area contributed by atoms with Gasteiger partial charge in [-0.25, -0.2) is 4.98 Å². The van der Waals surface area contributed by atoms with Crippen LogP contribution in [0.3, 0.4) is 0 Å². The van der Waals surface area contributed by atoms with E-state index >= 15 is 0 Å². The predicted molar refractivity (Wildman–Crippen MR) is 61.6 cm³/mol. The first-order valence-electron chi connectivity index (χ1n) is 5.47. The molecular formula is C11H14N4O2. The van der Waals surface area contributed by atoms with Crippen LogP contribution in [0.2, 0.25) is 0 Å². The standard InChI is InChI=1S/C11H14N4O2/c1-2-6-16-9-4-3-5-12-11(9)13-7-10-14-8-17-15-10/h3-5,8H,2,6-7H2,1H3,(H,12,13). The molecule has 2 aromatic heterocycles. The SMILES string of the molecule is CCCOc1cccnc1NCc1ncon1. The number of nitrogens with one attached hydrogen (secondary N) is 1. The van der Waals surface area contributed by atoms with Crippen molar-refractivity contribution in [1.29, 1.82) is 0 Å². The van der Waals surface area contributed by atoms with Crippen molar-refractivity contribution in [3.8, 4) is 5.75 Å². The van der Waals surface area contributed by atoms with Gasteiger partial charge in [0, 0.05) is 6.20 Å². The molecule has 0 saturated carbocycles. The number of hydrogen-bond donors (Lipinski definition) is 1. The lowest BCUT2D eigenvalue weighted by molar-refractivity contribution is 0.317. The summed E-state index contributed by atoms with van der Waals surface area (Å²) < 4.78 is 10.2. The number of ether oxygens (including phenoxy) is 1. The molecule has 90 valence electrons. The predicted octanol–water partition coefficient (Wildman–Crippen LogP) is 1.87. The van der Waals surface area contributed by atoms with Gasteiger partial charge in [-0.15, -0.1) is 0 Å². The Hall–Kier alpha value is -2.11. The molecular weight excluding hydrogens is 220 g/mol. The van der Waals surface area contributed by atoms with Crippen LogP contribution in [0.4, 0.5) is 5.82 Å². The van der Waals surface area contributed by atoms with E-state index in [9.17, 15) is 0 Å². The highest BCUT2D eigenvalue weighted by atomic mass is 16.5. The van der Waals surface area contributed by atoms with Crippen LogP contribution in [0.5, 0.6) is 5.75 Å². The van der Waals surface area contributed by atoms with E-state index in [-0.39, 0.29) is 0 Å². The fourth-order valence-electron chi connectivity index (χ4n) is 1.28. The molecule has 0 aliphatic heterocycles. The summed E-state index contributed by atoms with van der Waals surface area (Å²) in [5, 5.41) is 6.81. The number of hydrogen-bond acceptors (Lipinski definition) is 6. The van der Waals surface area contributed by atoms with E-state index in [0.717, 1.165) is 12.2 Å². The van der Waals surface area contributed by atoms with Gasteiger partial charge in [-0.05, 0) is 18.6 Å². The van der Waals surface area contributed by atoms with Crippen molar-refractivity contribution in [2.75, 3.05) is 11.9 Å². The molecule has 0 aliphatic carbocycles. The Kier molecular flexibility index (Phi) is 3.90. The maximum Gasteiger partial charge on any atom is 0.213 e. The van der Waals surface area contributed by atoms with Crippen LogP contribution in [-0.4, -0.2) is 21.7 Å². The topological polar surface area (TPSA) is 73.1 Å². The van der Waals surface area contributed by atoms with Crippen molar-refractivity contribution in [3.63, 3.8) is 0 Å². The highest BCUT2D eigenvalue weighted by Gasteiger charge is 2.05. The van der Waals surface area contributed by atoms with Gasteiger partial charge in [0.25, 0.3) is 0 Å². The van der Waals surface area contributed by atoms with Gasteiger partial charge in [0.1, 0.15) is 0 Å². The second-order valence-electron chi connectivity index (χ2n) is 3.40. The minimum absolute atomic E-state index is 0.454. The van der Waals surface area contributed by atoms with Gasteiger partial charge in [0.15, 0.2) is 17.4 Å². The monoisotopic (exact) mass is 234 g/mol. The summed E-state index contributed by atoms with van der Waals surface area (Å²) in [6, 6.07) is 3.71. The molecule has 17 heavy (non-hydrogen) atoms. The Labute approximate surface area is 99.0 Å². The van der Waals surface area contributed by atoms with Crippen LogP contribution in [0.1, 0.15) is 19.2 Å². The molecule has 0 unspecified atom stereocenters. The van der Waals surface area contributed by atoms with E-state index in [1.807, 2.05) is 12.1 Å². The quantitative estimate of drug-likeness (QED) is 0.822. The van der Waals surface area contributed by atoms with Crippen molar-refractivity contribution < 1.29 is 9.26 Å². The zero-order valence-corrected chi connectivity index (χ0v) is 9.59. The Morgan fingerprint density at radius 3 is 3.12 bits per heavy atom. The Balaban J connectivity index is 1.99. The number of rotatable bonds is 6. The van der Waals surface area contributed by atoms with E-state index < -0.39 is 0 Å². The first kappa shape index (κ1) is 11.4. The molecule has 0 radical (unpaired) electrons. The second-order valence-corrected chi connectivity index (χ2v) is 3.40. The molecule has 0 spiro atoms. The highest BCUT2D eigenvalue weighted by molar-refractivity contribution is 5.49. The molecule has 0 saturated heterocycles. The molecule has 0 aliphatic rings. The van der Waals surface area contributed by atoms with Crippen molar-refractivity contribution in [2.45, 2.75) is 19.9 Å². The zero-order valence-electron chi connectivity index (χ0n) is 9.59. The summed E-state index contributed by atoms with van der Waals surface area (Å²) in [6.45, 7) is 3.18. The Morgan fingerprint density at radius 1 is 1.41 bits per heavy atom. The largest absolute Gasteiger partial charge is 0.490 e. The minimum atomic E-state index is 0.454. The van der Waals surface area contributed by atoms with Gasteiger partial charge < -0.3 is 14.6 Å². The van der Waals surface area contributed by atoms with Gasteiger partial charge in [0.2, 0.25) is 6.39 Å². The van der Waals surface area contributed by atoms with E-state index in [1.165, 1.54) is 6.39 Å². The summed E-state index contributed by atoms with van der Waals surface area (Å²) in [7, 11) is 0. The van der Waals surface area contributed by atoms with Crippen LogP contribution in [0, 0.1) is 0 Å². The molecule has 0 aromatic carbocycles. The van der Waals surface area contributed by atoms with Gasteiger partial charge in [-0.3, -0.25) is 0 Å². The number of aromatic nitrogens is 3. The van der Waals surface area contributed by atoms with Gasteiger partial charge in [-0.1, -0.05) is 12.1 Å². The average Bonchev–Trinajstić information content (AvgIpc) is 2.88. The summed E-state index contributed by atoms with van der Waals surface area (Å²) in [5.41, 5.74) is 0. The molecule has 6 heteroatoms. The summed E-state index contributed by atoms with van der Waals surface area (Å²) in [5.74, 6) is 2.00. The van der Waals surface area contributed by atoms with Crippen LogP contribution in [0.15, 0.2) is 29.2 Å². The summed E-state index contributed by atoms with van der Waals surface area (Å²) in [6.07, 6.45) is 3.96. The molecule has 0 amide bonds. The van der Waals surface area contributed by atoms with E-state index in [4.69, 9.17) is 4.74 Å². The van der Waals surface area contributed by atoms with Crippen molar-refractivity contribution >= 4 is 5.82 Å². The van der Waals surface area contributed by atoms with Crippen molar-refractivity contribution in [2.24, 2.45) is 0 Å². The first-order valence-corrected chi connectivity index (χ1v) is 5.47. The maximum atomic E-state index is 5.57. The zero-order chi connectivity index (χ0) is 11.9. The second kappa shape index (κ2) is 5.83. The number of pyridine rings is 1. The molecule has 6 nitrogen and oxygen atoms in total. The first-order chi connectivity index (χ1) is 8.40. The molecule has 0 bridgehead atoms. The van der Waals surface area contributed by atoms with E-state index in [0.29, 0.717) is 24.8 Å². The van der Waals surface area contributed by atoms with Crippen LogP contribution < -0.4 is 10.1 Å². The molecule has 2 aromatic rings. The van der Waals surface area contributed by atoms with Crippen LogP contribution in [-0.2, 0) is 6.54 Å². The maximum absolute atomic E-state index is 5.57. The Morgan fingerprint density at radius 2 is 2.35 bits per heavy atom. The van der Waals surface area contributed by atoms with E-state index in [1.54, 1.807) is 6.20 Å². The third kappa shape index (κ3) is 3.17. The minimum Gasteiger partial charge on any atom is -0.490 e. The molecule has 0 fully saturated rings. The highest BCUT2D eigenvalue weighted by Crippen LogP contribution is 2.21. The fraction of sp³-hybridized carbons (Fsp3) is 0.364. The average molecular weight is 234 g/mol. The van der Waals surface area contributed by atoms with Crippen molar-refractivity contribution in [1.82, 2.24) is 15.1 Å². The van der Waals surface area contributed by atoms with E-state index in [2.05, 4.69) is 31.9 Å². The molecule has 2 rings (SSSR count). The summed E-state index contributed by atoms with van der Waals surface area (Å²) >= 11 is 0. The fourth-order valence-corrected chi connectivity index (χ4v) is 1.28. The lowest BCUT2D eigenvalue weighted by atomic mass is 10.4. The van der Waals surface area contributed by atoms with Crippen molar-refractivity contribution in [3.05, 3.63) is 30.5 Å².